The Morgan fingerprint density at radius 2 is 1.34 bits per heavy atom. The van der Waals surface area contributed by atoms with Gasteiger partial charge < -0.3 is 14.0 Å². The summed E-state index contributed by atoms with van der Waals surface area (Å²) in [4.78, 5) is 15.7. The fourth-order valence-electron chi connectivity index (χ4n) is 4.54. The molecular formula is C30H36N4O. The molecule has 0 saturated heterocycles. The van der Waals surface area contributed by atoms with Crippen LogP contribution in [0.3, 0.4) is 0 Å². The van der Waals surface area contributed by atoms with Crippen LogP contribution in [-0.4, -0.2) is 28.0 Å². The van der Waals surface area contributed by atoms with Crippen molar-refractivity contribution in [1.82, 2.24) is 9.13 Å². The molecule has 0 fully saturated rings. The monoisotopic (exact) mass is 468 g/mol. The van der Waals surface area contributed by atoms with E-state index in [1.165, 1.54) is 31.4 Å². The number of imidazole rings is 1. The minimum absolute atomic E-state index is 0.0198. The molecule has 0 aliphatic carbocycles. The first-order valence-electron chi connectivity index (χ1n) is 12.8. The molecule has 0 aliphatic heterocycles. The maximum atomic E-state index is 13.3. The number of hydrogen-bond acceptors (Lipinski definition) is 3. The first kappa shape index (κ1) is 24.5. The number of nitrogens with one attached hydrogen (secondary N) is 1. The molecule has 3 aromatic carbocycles. The van der Waals surface area contributed by atoms with Crippen LogP contribution >= 0.6 is 0 Å². The molecule has 0 unspecified atom stereocenters. The summed E-state index contributed by atoms with van der Waals surface area (Å²) in [5, 5.41) is 8.87. The first-order chi connectivity index (χ1) is 17.1. The summed E-state index contributed by atoms with van der Waals surface area (Å²) in [7, 11) is 0. The van der Waals surface area contributed by atoms with Crippen LogP contribution < -0.4 is 10.5 Å². The predicted octanol–water partition coefficient (Wildman–Crippen LogP) is 6.26. The Bertz CT molecular complexity index is 1290. The zero-order valence-electron chi connectivity index (χ0n) is 20.9. The number of para-hydroxylation sites is 2. The Labute approximate surface area is 208 Å². The number of benzene rings is 3. The zero-order chi connectivity index (χ0) is 24.6. The molecule has 0 amide bonds. The normalized spacial score (nSPS) is 11.1. The van der Waals surface area contributed by atoms with Gasteiger partial charge in [0.05, 0.1) is 24.1 Å². The second-order valence-electron chi connectivity index (χ2n) is 9.13. The summed E-state index contributed by atoms with van der Waals surface area (Å²) in [6.07, 6.45) is 4.67. The van der Waals surface area contributed by atoms with Crippen molar-refractivity contribution in [2.45, 2.75) is 52.6 Å². The lowest BCUT2D eigenvalue weighted by Crippen LogP contribution is -2.28. The minimum Gasteiger partial charge on any atom is -0.372 e. The molecule has 4 aromatic rings. The summed E-state index contributed by atoms with van der Waals surface area (Å²) in [5.41, 5.74) is 5.20. The predicted molar refractivity (Wildman–Crippen MR) is 144 cm³/mol. The molecule has 0 bridgehead atoms. The van der Waals surface area contributed by atoms with Gasteiger partial charge in [-0.15, -0.1) is 0 Å². The molecule has 4 rings (SSSR count). The summed E-state index contributed by atoms with van der Waals surface area (Å²) in [6.45, 7) is 7.27. The Morgan fingerprint density at radius 3 is 1.94 bits per heavy atom. The average Bonchev–Trinajstić information content (AvgIpc) is 3.15. The van der Waals surface area contributed by atoms with Crippen molar-refractivity contribution in [2.75, 3.05) is 18.0 Å². The highest BCUT2D eigenvalue weighted by Gasteiger charge is 2.15. The van der Waals surface area contributed by atoms with Gasteiger partial charge in [-0.1, -0.05) is 69.2 Å². The van der Waals surface area contributed by atoms with E-state index in [0.29, 0.717) is 17.7 Å². The third kappa shape index (κ3) is 5.73. The zero-order valence-corrected chi connectivity index (χ0v) is 20.9. The Morgan fingerprint density at radius 1 is 0.771 bits per heavy atom. The number of Topliss-reactive ketones (excluding diaryl/α,β-unsaturated/α-hetero) is 1. The molecule has 0 radical (unpaired) electrons. The van der Waals surface area contributed by atoms with E-state index < -0.39 is 0 Å². The molecule has 1 N–H and O–H groups in total. The highest BCUT2D eigenvalue weighted by atomic mass is 16.1. The van der Waals surface area contributed by atoms with Gasteiger partial charge in [0.25, 0.3) is 0 Å². The van der Waals surface area contributed by atoms with Gasteiger partial charge in [-0.3, -0.25) is 10.2 Å². The van der Waals surface area contributed by atoms with Gasteiger partial charge in [-0.25, -0.2) is 0 Å². The van der Waals surface area contributed by atoms with E-state index in [0.717, 1.165) is 29.7 Å². The quantitative estimate of drug-likeness (QED) is 0.250. The second-order valence-corrected chi connectivity index (χ2v) is 9.13. The molecule has 1 aromatic heterocycles. The van der Waals surface area contributed by atoms with Gasteiger partial charge >= 0.3 is 0 Å². The largest absolute Gasteiger partial charge is 0.372 e. The van der Waals surface area contributed by atoms with Crippen LogP contribution in [-0.2, 0) is 13.1 Å². The van der Waals surface area contributed by atoms with Crippen LogP contribution in [0.15, 0.2) is 78.9 Å². The van der Waals surface area contributed by atoms with E-state index in [1.54, 1.807) is 0 Å². The number of anilines is 1. The highest BCUT2D eigenvalue weighted by Crippen LogP contribution is 2.19. The lowest BCUT2D eigenvalue weighted by Gasteiger charge is -2.24. The summed E-state index contributed by atoms with van der Waals surface area (Å²) < 4.78 is 3.80. The van der Waals surface area contributed by atoms with Crippen molar-refractivity contribution in [3.8, 4) is 0 Å². The van der Waals surface area contributed by atoms with Crippen molar-refractivity contribution >= 4 is 22.5 Å². The van der Waals surface area contributed by atoms with E-state index in [4.69, 9.17) is 5.41 Å². The van der Waals surface area contributed by atoms with Crippen molar-refractivity contribution < 1.29 is 4.79 Å². The molecule has 0 atom stereocenters. The molecule has 0 spiro atoms. The summed E-state index contributed by atoms with van der Waals surface area (Å²) >= 11 is 0. The van der Waals surface area contributed by atoms with Crippen LogP contribution in [0.25, 0.3) is 11.0 Å². The first-order valence-corrected chi connectivity index (χ1v) is 12.8. The molecular weight excluding hydrogens is 432 g/mol. The van der Waals surface area contributed by atoms with Crippen LogP contribution in [0.4, 0.5) is 5.69 Å². The maximum Gasteiger partial charge on any atom is 0.203 e. The fourth-order valence-corrected chi connectivity index (χ4v) is 4.54. The highest BCUT2D eigenvalue weighted by molar-refractivity contribution is 5.97. The SMILES string of the molecule is CCCCN(CCCC)c1ccc(C(=O)Cn2c(=N)n(Cc3ccccc3)c3ccccc32)cc1. The lowest BCUT2D eigenvalue weighted by molar-refractivity contribution is 0.0971. The van der Waals surface area contributed by atoms with Crippen LogP contribution in [0.2, 0.25) is 0 Å². The third-order valence-corrected chi connectivity index (χ3v) is 6.58. The number of hydrogen-bond donors (Lipinski definition) is 1. The molecule has 1 heterocycles. The molecule has 5 nitrogen and oxygen atoms in total. The Balaban J connectivity index is 1.57. The van der Waals surface area contributed by atoms with Crippen molar-refractivity contribution in [3.05, 3.63) is 95.6 Å². The van der Waals surface area contributed by atoms with E-state index in [2.05, 4.69) is 43.0 Å². The van der Waals surface area contributed by atoms with Gasteiger partial charge in [0.1, 0.15) is 0 Å². The van der Waals surface area contributed by atoms with E-state index in [9.17, 15) is 4.79 Å². The topological polar surface area (TPSA) is 54.0 Å². The lowest BCUT2D eigenvalue weighted by atomic mass is 10.1. The molecule has 5 heteroatoms. The number of carbonyl (C=O) groups is 1. The number of carbonyl (C=O) groups excluding carboxylic acids is 1. The van der Waals surface area contributed by atoms with Crippen LogP contribution in [0.1, 0.15) is 55.5 Å². The number of fused-ring (bicyclic) bond motifs is 1. The number of aromatic nitrogens is 2. The van der Waals surface area contributed by atoms with E-state index >= 15 is 0 Å². The number of rotatable bonds is 12. The van der Waals surface area contributed by atoms with E-state index in [-0.39, 0.29) is 12.3 Å². The smallest absolute Gasteiger partial charge is 0.203 e. The molecule has 0 saturated carbocycles. The maximum absolute atomic E-state index is 13.3. The minimum atomic E-state index is 0.0198. The third-order valence-electron chi connectivity index (χ3n) is 6.58. The molecule has 0 aliphatic rings. The van der Waals surface area contributed by atoms with Gasteiger partial charge in [0, 0.05) is 24.3 Å². The second kappa shape index (κ2) is 11.7. The fraction of sp³-hybridized carbons (Fsp3) is 0.333. The van der Waals surface area contributed by atoms with Crippen molar-refractivity contribution in [3.63, 3.8) is 0 Å². The molecule has 35 heavy (non-hydrogen) atoms. The van der Waals surface area contributed by atoms with Gasteiger partial charge in [0.15, 0.2) is 5.78 Å². The van der Waals surface area contributed by atoms with Crippen molar-refractivity contribution in [2.24, 2.45) is 0 Å². The summed E-state index contributed by atoms with van der Waals surface area (Å²) in [6, 6.07) is 26.1. The standard InChI is InChI=1S/C30H36N4O/c1-3-5-20-32(21-6-4-2)26-18-16-25(17-19-26)29(35)23-34-28-15-11-10-14-27(28)33(30(34)31)22-24-12-8-7-9-13-24/h7-19,31H,3-6,20-23H2,1-2H3. The van der Waals surface area contributed by atoms with Gasteiger partial charge in [0.2, 0.25) is 5.62 Å². The Hall–Kier alpha value is -3.60. The van der Waals surface area contributed by atoms with Crippen molar-refractivity contribution in [1.29, 1.82) is 5.41 Å². The number of nitrogens with zero attached hydrogens (tertiary/aromatic N) is 3. The van der Waals surface area contributed by atoms with Gasteiger partial charge in [-0.05, 0) is 54.8 Å². The van der Waals surface area contributed by atoms with Crippen LogP contribution in [0.5, 0.6) is 0 Å². The van der Waals surface area contributed by atoms with Gasteiger partial charge in [-0.2, -0.15) is 0 Å². The average molecular weight is 469 g/mol. The Kier molecular flexibility index (Phi) is 8.19. The number of unbranched alkanes of at least 4 members (excludes halogenated alkanes) is 2. The van der Waals surface area contributed by atoms with Crippen LogP contribution in [0, 0.1) is 5.41 Å². The summed E-state index contributed by atoms with van der Waals surface area (Å²) in [5.74, 6) is 0.0198. The van der Waals surface area contributed by atoms with E-state index in [1.807, 2.05) is 63.7 Å². The molecule has 182 valence electrons. The number of ketones is 1.